The van der Waals surface area contributed by atoms with Crippen LogP contribution in [0.3, 0.4) is 0 Å². The molecule has 2 nitrogen and oxygen atoms in total. The average Bonchev–Trinajstić information content (AvgIpc) is 2.66. The van der Waals surface area contributed by atoms with Gasteiger partial charge in [-0.15, -0.1) is 0 Å². The van der Waals surface area contributed by atoms with Crippen LogP contribution in [0.2, 0.25) is 0 Å². The molecule has 1 atom stereocenters. The molecule has 2 heteroatoms. The van der Waals surface area contributed by atoms with Crippen LogP contribution in [0.4, 0.5) is 0 Å². The average molecular weight is 202 g/mol. The predicted molar refractivity (Wildman–Crippen MR) is 63.5 cm³/mol. The molecule has 1 fully saturated rings. The minimum Gasteiger partial charge on any atom is -0.303 e. The highest BCUT2D eigenvalue weighted by molar-refractivity contribution is 5.43. The standard InChI is InChI=1S/C13H18N2/c1-15-11-5-9-13(15)8-4-7-12-6-2-3-10-14-12/h2-4,6-7,10,13H,5,8-9,11H2,1H3. The first-order valence-electron chi connectivity index (χ1n) is 5.64. The Labute approximate surface area is 91.6 Å². The molecule has 0 aliphatic carbocycles. The van der Waals surface area contributed by atoms with Crippen LogP contribution in [0.1, 0.15) is 25.0 Å². The fraction of sp³-hybridized carbons (Fsp3) is 0.462. The van der Waals surface area contributed by atoms with Crippen LogP contribution in [-0.4, -0.2) is 29.5 Å². The van der Waals surface area contributed by atoms with Crippen LogP contribution in [-0.2, 0) is 0 Å². The van der Waals surface area contributed by atoms with Crippen LogP contribution in [0, 0.1) is 0 Å². The van der Waals surface area contributed by atoms with Crippen molar-refractivity contribution in [3.63, 3.8) is 0 Å². The molecular weight excluding hydrogens is 184 g/mol. The lowest BCUT2D eigenvalue weighted by atomic mass is 10.1. The number of pyridine rings is 1. The van der Waals surface area contributed by atoms with Gasteiger partial charge < -0.3 is 4.90 Å². The summed E-state index contributed by atoms with van der Waals surface area (Å²) >= 11 is 0. The van der Waals surface area contributed by atoms with E-state index in [1.165, 1.54) is 19.4 Å². The van der Waals surface area contributed by atoms with E-state index in [-0.39, 0.29) is 0 Å². The molecule has 0 spiro atoms. The van der Waals surface area contributed by atoms with Gasteiger partial charge >= 0.3 is 0 Å². The molecule has 2 heterocycles. The van der Waals surface area contributed by atoms with Crippen molar-refractivity contribution >= 4 is 6.08 Å². The minimum absolute atomic E-state index is 0.741. The quantitative estimate of drug-likeness (QED) is 0.749. The highest BCUT2D eigenvalue weighted by Gasteiger charge is 2.18. The van der Waals surface area contributed by atoms with E-state index < -0.39 is 0 Å². The van der Waals surface area contributed by atoms with Gasteiger partial charge in [0.2, 0.25) is 0 Å². The summed E-state index contributed by atoms with van der Waals surface area (Å²) in [5, 5.41) is 0. The first-order chi connectivity index (χ1) is 7.36. The number of rotatable bonds is 3. The maximum absolute atomic E-state index is 4.26. The first-order valence-corrected chi connectivity index (χ1v) is 5.64. The van der Waals surface area contributed by atoms with Gasteiger partial charge in [0.15, 0.2) is 0 Å². The van der Waals surface area contributed by atoms with Gasteiger partial charge in [0.25, 0.3) is 0 Å². The minimum atomic E-state index is 0.741. The second kappa shape index (κ2) is 5.08. The summed E-state index contributed by atoms with van der Waals surface area (Å²) in [6.45, 7) is 1.25. The molecule has 1 aromatic heterocycles. The summed E-state index contributed by atoms with van der Waals surface area (Å²) in [5.74, 6) is 0. The van der Waals surface area contributed by atoms with Crippen LogP contribution in [0.25, 0.3) is 6.08 Å². The van der Waals surface area contributed by atoms with E-state index in [9.17, 15) is 0 Å². The Morgan fingerprint density at radius 3 is 3.13 bits per heavy atom. The van der Waals surface area contributed by atoms with E-state index in [1.54, 1.807) is 0 Å². The normalized spacial score (nSPS) is 22.6. The molecule has 0 saturated carbocycles. The van der Waals surface area contributed by atoms with Crippen molar-refractivity contribution in [3.05, 3.63) is 36.2 Å². The van der Waals surface area contributed by atoms with Crippen LogP contribution in [0.5, 0.6) is 0 Å². The zero-order chi connectivity index (χ0) is 10.5. The van der Waals surface area contributed by atoms with Crippen molar-refractivity contribution < 1.29 is 0 Å². The van der Waals surface area contributed by atoms with E-state index in [1.807, 2.05) is 24.4 Å². The third kappa shape index (κ3) is 2.90. The molecule has 0 aromatic carbocycles. The summed E-state index contributed by atoms with van der Waals surface area (Å²) < 4.78 is 0. The Morgan fingerprint density at radius 1 is 1.53 bits per heavy atom. The predicted octanol–water partition coefficient (Wildman–Crippen LogP) is 2.58. The lowest BCUT2D eigenvalue weighted by Crippen LogP contribution is -2.23. The zero-order valence-corrected chi connectivity index (χ0v) is 9.26. The van der Waals surface area contributed by atoms with Gasteiger partial charge in [0.1, 0.15) is 0 Å². The third-order valence-electron chi connectivity index (χ3n) is 3.06. The first kappa shape index (κ1) is 10.4. The fourth-order valence-electron chi connectivity index (χ4n) is 2.10. The van der Waals surface area contributed by atoms with Gasteiger partial charge in [-0.1, -0.05) is 12.1 Å². The maximum Gasteiger partial charge on any atom is 0.0626 e. The van der Waals surface area contributed by atoms with E-state index in [2.05, 4.69) is 29.1 Å². The van der Waals surface area contributed by atoms with E-state index in [4.69, 9.17) is 0 Å². The van der Waals surface area contributed by atoms with Crippen molar-refractivity contribution in [1.82, 2.24) is 9.88 Å². The summed E-state index contributed by atoms with van der Waals surface area (Å²) in [4.78, 5) is 6.71. The Morgan fingerprint density at radius 2 is 2.47 bits per heavy atom. The number of likely N-dealkylation sites (tertiary alicyclic amines) is 1. The summed E-state index contributed by atoms with van der Waals surface area (Å²) in [5.41, 5.74) is 1.05. The second-order valence-corrected chi connectivity index (χ2v) is 4.17. The van der Waals surface area contributed by atoms with Crippen molar-refractivity contribution in [2.45, 2.75) is 25.3 Å². The van der Waals surface area contributed by atoms with Gasteiger partial charge in [-0.05, 0) is 51.1 Å². The molecule has 0 radical (unpaired) electrons. The summed E-state index contributed by atoms with van der Waals surface area (Å²) in [7, 11) is 2.21. The molecule has 80 valence electrons. The molecule has 2 rings (SSSR count). The Balaban J connectivity index is 1.85. The van der Waals surface area contributed by atoms with Crippen molar-refractivity contribution in [1.29, 1.82) is 0 Å². The lowest BCUT2D eigenvalue weighted by molar-refractivity contribution is 0.313. The smallest absolute Gasteiger partial charge is 0.0626 e. The Hall–Kier alpha value is -1.15. The summed E-state index contributed by atoms with van der Waals surface area (Å²) in [6, 6.07) is 6.75. The third-order valence-corrected chi connectivity index (χ3v) is 3.06. The molecule has 0 amide bonds. The van der Waals surface area contributed by atoms with Gasteiger partial charge in [-0.3, -0.25) is 4.98 Å². The molecule has 0 bridgehead atoms. The molecule has 1 aromatic rings. The number of hydrogen-bond donors (Lipinski definition) is 0. The summed E-state index contributed by atoms with van der Waals surface area (Å²) in [6.07, 6.45) is 10.0. The van der Waals surface area contributed by atoms with E-state index >= 15 is 0 Å². The monoisotopic (exact) mass is 202 g/mol. The van der Waals surface area contributed by atoms with Gasteiger partial charge in [0.05, 0.1) is 5.69 Å². The topological polar surface area (TPSA) is 16.1 Å². The Kier molecular flexibility index (Phi) is 3.51. The molecule has 15 heavy (non-hydrogen) atoms. The van der Waals surface area contributed by atoms with Crippen molar-refractivity contribution in [3.8, 4) is 0 Å². The fourth-order valence-corrected chi connectivity index (χ4v) is 2.10. The molecular formula is C13H18N2. The largest absolute Gasteiger partial charge is 0.303 e. The number of hydrogen-bond acceptors (Lipinski definition) is 2. The van der Waals surface area contributed by atoms with Crippen molar-refractivity contribution in [2.24, 2.45) is 0 Å². The maximum atomic E-state index is 4.26. The SMILES string of the molecule is CN1CCCC1CC=Cc1ccccn1. The second-order valence-electron chi connectivity index (χ2n) is 4.17. The van der Waals surface area contributed by atoms with Crippen molar-refractivity contribution in [2.75, 3.05) is 13.6 Å². The lowest BCUT2D eigenvalue weighted by Gasteiger charge is -2.16. The van der Waals surface area contributed by atoms with Crippen LogP contribution >= 0.6 is 0 Å². The van der Waals surface area contributed by atoms with Gasteiger partial charge in [-0.25, -0.2) is 0 Å². The highest BCUT2D eigenvalue weighted by atomic mass is 15.1. The van der Waals surface area contributed by atoms with Crippen LogP contribution in [0.15, 0.2) is 30.5 Å². The molecule has 1 saturated heterocycles. The Bertz CT molecular complexity index is 319. The number of nitrogens with zero attached hydrogens (tertiary/aromatic N) is 2. The van der Waals surface area contributed by atoms with Crippen LogP contribution < -0.4 is 0 Å². The van der Waals surface area contributed by atoms with E-state index in [0.717, 1.165) is 18.2 Å². The molecule has 1 aliphatic rings. The van der Waals surface area contributed by atoms with Gasteiger partial charge in [-0.2, -0.15) is 0 Å². The van der Waals surface area contributed by atoms with Gasteiger partial charge in [0, 0.05) is 12.2 Å². The zero-order valence-electron chi connectivity index (χ0n) is 9.26. The molecule has 1 aliphatic heterocycles. The highest BCUT2D eigenvalue weighted by Crippen LogP contribution is 2.18. The molecule has 0 N–H and O–H groups in total. The number of aromatic nitrogens is 1. The van der Waals surface area contributed by atoms with E-state index in [0.29, 0.717) is 0 Å². The molecule has 1 unspecified atom stereocenters.